The Morgan fingerprint density at radius 2 is 1.65 bits per heavy atom. The van der Waals surface area contributed by atoms with Gasteiger partial charge in [-0.3, -0.25) is 0 Å². The van der Waals surface area contributed by atoms with Crippen LogP contribution in [0.1, 0.15) is 55.0 Å². The Morgan fingerprint density at radius 3 is 2.12 bits per heavy atom. The van der Waals surface area contributed by atoms with E-state index in [2.05, 4.69) is 43.4 Å². The number of nitrogens with zero attached hydrogens (tertiary/aromatic N) is 1. The summed E-state index contributed by atoms with van der Waals surface area (Å²) in [6.07, 6.45) is 4.08. The Bertz CT molecular complexity index is 751. The largest absolute Gasteiger partial charge is 0.467 e. The number of nitriles is 1. The normalized spacial score (nSPS) is 11.5. The van der Waals surface area contributed by atoms with Crippen LogP contribution in [-0.2, 0) is 22.4 Å². The number of benzene rings is 2. The van der Waals surface area contributed by atoms with Crippen molar-refractivity contribution < 1.29 is 9.53 Å². The maximum atomic E-state index is 12.4. The van der Waals surface area contributed by atoms with Gasteiger partial charge in [-0.15, -0.1) is 0 Å². The lowest BCUT2D eigenvalue weighted by Crippen LogP contribution is -2.22. The number of ether oxygens (including phenoxy) is 1. The van der Waals surface area contributed by atoms with Crippen LogP contribution in [0.3, 0.4) is 0 Å². The van der Waals surface area contributed by atoms with Crippen LogP contribution >= 0.6 is 0 Å². The summed E-state index contributed by atoms with van der Waals surface area (Å²) in [5, 5.41) is 12.2. The van der Waals surface area contributed by atoms with Crippen LogP contribution < -0.4 is 5.32 Å². The molecule has 0 aliphatic rings. The highest BCUT2D eigenvalue weighted by atomic mass is 16.5. The van der Waals surface area contributed by atoms with Gasteiger partial charge in [0.25, 0.3) is 0 Å². The molecule has 0 aliphatic heterocycles. The van der Waals surface area contributed by atoms with E-state index in [0.717, 1.165) is 36.9 Å². The second-order valence-corrected chi connectivity index (χ2v) is 6.37. The van der Waals surface area contributed by atoms with Gasteiger partial charge in [0, 0.05) is 5.69 Å². The van der Waals surface area contributed by atoms with E-state index in [-0.39, 0.29) is 5.97 Å². The topological polar surface area (TPSA) is 62.1 Å². The Kier molecular flexibility index (Phi) is 7.23. The van der Waals surface area contributed by atoms with Gasteiger partial charge in [0.1, 0.15) is 0 Å². The van der Waals surface area contributed by atoms with Crippen molar-refractivity contribution >= 4 is 11.7 Å². The molecule has 2 rings (SSSR count). The summed E-state index contributed by atoms with van der Waals surface area (Å²) in [5.41, 5.74) is 4.75. The van der Waals surface area contributed by atoms with Crippen LogP contribution in [0.5, 0.6) is 0 Å². The molecule has 0 aromatic heterocycles. The smallest absolute Gasteiger partial charge is 0.332 e. The first kappa shape index (κ1) is 19.5. The van der Waals surface area contributed by atoms with Crippen molar-refractivity contribution in [2.45, 2.75) is 45.6 Å². The number of rotatable bonds is 8. The molecule has 4 heteroatoms. The third kappa shape index (κ3) is 5.10. The van der Waals surface area contributed by atoms with E-state index in [0.29, 0.717) is 5.56 Å². The highest BCUT2D eigenvalue weighted by Gasteiger charge is 2.22. The molecular weight excluding hydrogens is 324 g/mol. The van der Waals surface area contributed by atoms with Crippen LogP contribution in [0.4, 0.5) is 5.69 Å². The molecule has 0 spiro atoms. The predicted molar refractivity (Wildman–Crippen MR) is 104 cm³/mol. The molecule has 4 nitrogen and oxygen atoms in total. The average Bonchev–Trinajstić information content (AvgIpc) is 2.66. The number of carbonyl (C=O) groups excluding carboxylic acids is 1. The van der Waals surface area contributed by atoms with Crippen molar-refractivity contribution in [1.82, 2.24) is 0 Å². The zero-order valence-corrected chi connectivity index (χ0v) is 15.7. The fraction of sp³-hybridized carbons (Fsp3) is 0.364. The molecule has 1 atom stereocenters. The molecule has 0 radical (unpaired) electrons. The number of nitrogens with one attached hydrogen (secondary N) is 1. The number of hydrogen-bond donors (Lipinski definition) is 1. The molecule has 1 unspecified atom stereocenters. The molecule has 2 aromatic carbocycles. The molecule has 0 saturated heterocycles. The van der Waals surface area contributed by atoms with E-state index in [4.69, 9.17) is 10.00 Å². The summed E-state index contributed by atoms with van der Waals surface area (Å²) >= 11 is 0. The second kappa shape index (κ2) is 9.62. The van der Waals surface area contributed by atoms with Gasteiger partial charge < -0.3 is 10.1 Å². The molecule has 26 heavy (non-hydrogen) atoms. The Balaban J connectivity index is 2.38. The van der Waals surface area contributed by atoms with Crippen molar-refractivity contribution in [3.8, 4) is 6.07 Å². The van der Waals surface area contributed by atoms with E-state index in [1.54, 1.807) is 24.3 Å². The highest BCUT2D eigenvalue weighted by Crippen LogP contribution is 2.25. The zero-order valence-electron chi connectivity index (χ0n) is 15.7. The fourth-order valence-corrected chi connectivity index (χ4v) is 3.03. The van der Waals surface area contributed by atoms with Gasteiger partial charge in [0.15, 0.2) is 6.04 Å². The second-order valence-electron chi connectivity index (χ2n) is 6.37. The van der Waals surface area contributed by atoms with Gasteiger partial charge >= 0.3 is 5.97 Å². The van der Waals surface area contributed by atoms with Crippen LogP contribution in [-0.4, -0.2) is 13.1 Å². The number of hydrogen-bond acceptors (Lipinski definition) is 4. The first-order valence-electron chi connectivity index (χ1n) is 9.08. The lowest BCUT2D eigenvalue weighted by atomic mass is 9.96. The van der Waals surface area contributed by atoms with E-state index >= 15 is 0 Å². The van der Waals surface area contributed by atoms with E-state index in [1.165, 1.54) is 18.2 Å². The average molecular weight is 350 g/mol. The third-order valence-electron chi connectivity index (χ3n) is 4.25. The van der Waals surface area contributed by atoms with Gasteiger partial charge in [-0.05, 0) is 53.8 Å². The first-order valence-corrected chi connectivity index (χ1v) is 9.08. The Morgan fingerprint density at radius 1 is 1.08 bits per heavy atom. The van der Waals surface area contributed by atoms with Crippen molar-refractivity contribution in [1.29, 1.82) is 5.26 Å². The maximum Gasteiger partial charge on any atom is 0.332 e. The van der Waals surface area contributed by atoms with Crippen molar-refractivity contribution in [3.05, 3.63) is 64.7 Å². The molecule has 0 bridgehead atoms. The van der Waals surface area contributed by atoms with E-state index < -0.39 is 6.04 Å². The number of carbonyl (C=O) groups is 1. The SMILES string of the molecule is CCCc1cc(CCC)cc(C(Nc2ccc(C#N)cc2)C(=O)OC)c1. The molecule has 1 N–H and O–H groups in total. The van der Waals surface area contributed by atoms with Crippen LogP contribution in [0.15, 0.2) is 42.5 Å². The lowest BCUT2D eigenvalue weighted by Gasteiger charge is -2.20. The van der Waals surface area contributed by atoms with Gasteiger partial charge in [0.2, 0.25) is 0 Å². The van der Waals surface area contributed by atoms with Gasteiger partial charge in [-0.25, -0.2) is 4.79 Å². The third-order valence-corrected chi connectivity index (χ3v) is 4.25. The van der Waals surface area contributed by atoms with Crippen LogP contribution in [0.25, 0.3) is 0 Å². The van der Waals surface area contributed by atoms with Crippen molar-refractivity contribution in [2.75, 3.05) is 12.4 Å². The summed E-state index contributed by atoms with van der Waals surface area (Å²) in [6, 6.07) is 15.0. The minimum atomic E-state index is -0.583. The monoisotopic (exact) mass is 350 g/mol. The van der Waals surface area contributed by atoms with Gasteiger partial charge in [0.05, 0.1) is 18.7 Å². The standard InChI is InChI=1S/C22H26N2O2/c1-4-6-17-12-18(7-5-2)14-19(13-17)21(22(25)26-3)24-20-10-8-16(15-23)9-11-20/h8-14,21,24H,4-7H2,1-3H3. The molecule has 0 fully saturated rings. The molecule has 136 valence electrons. The summed E-state index contributed by atoms with van der Waals surface area (Å²) in [7, 11) is 1.40. The maximum absolute atomic E-state index is 12.4. The number of anilines is 1. The minimum Gasteiger partial charge on any atom is -0.467 e. The van der Waals surface area contributed by atoms with Gasteiger partial charge in [-0.1, -0.05) is 44.9 Å². The predicted octanol–water partition coefficient (Wildman–Crippen LogP) is 4.79. The number of esters is 1. The fourth-order valence-electron chi connectivity index (χ4n) is 3.03. The van der Waals surface area contributed by atoms with Crippen molar-refractivity contribution in [2.24, 2.45) is 0 Å². The number of aryl methyl sites for hydroxylation is 2. The quantitative estimate of drug-likeness (QED) is 0.695. The lowest BCUT2D eigenvalue weighted by molar-refractivity contribution is -0.141. The summed E-state index contributed by atoms with van der Waals surface area (Å²) in [5.74, 6) is -0.328. The van der Waals surface area contributed by atoms with E-state index in [1.807, 2.05) is 0 Å². The zero-order chi connectivity index (χ0) is 18.9. The minimum absolute atomic E-state index is 0.328. The molecule has 0 amide bonds. The van der Waals surface area contributed by atoms with Crippen LogP contribution in [0, 0.1) is 11.3 Å². The number of methoxy groups -OCH3 is 1. The molecule has 0 heterocycles. The van der Waals surface area contributed by atoms with Crippen molar-refractivity contribution in [3.63, 3.8) is 0 Å². The summed E-state index contributed by atoms with van der Waals surface area (Å²) < 4.78 is 5.03. The molecule has 2 aromatic rings. The molecule has 0 aliphatic carbocycles. The first-order chi connectivity index (χ1) is 12.6. The van der Waals surface area contributed by atoms with Gasteiger partial charge in [-0.2, -0.15) is 5.26 Å². The Hall–Kier alpha value is -2.80. The summed E-state index contributed by atoms with van der Waals surface area (Å²) in [6.45, 7) is 4.30. The van der Waals surface area contributed by atoms with E-state index in [9.17, 15) is 4.79 Å². The summed E-state index contributed by atoms with van der Waals surface area (Å²) in [4.78, 5) is 12.4. The molecular formula is C22H26N2O2. The highest BCUT2D eigenvalue weighted by molar-refractivity contribution is 5.81. The Labute approximate surface area is 155 Å². The van der Waals surface area contributed by atoms with Crippen LogP contribution in [0.2, 0.25) is 0 Å². The molecule has 0 saturated carbocycles.